The molecule has 3 aromatic rings. The predicted octanol–water partition coefficient (Wildman–Crippen LogP) is 3.02. The number of benzene rings is 2. The van der Waals surface area contributed by atoms with Crippen molar-refractivity contribution in [2.75, 3.05) is 11.1 Å². The highest BCUT2D eigenvalue weighted by Gasteiger charge is 2.16. The van der Waals surface area contributed by atoms with E-state index in [1.54, 1.807) is 4.68 Å². The van der Waals surface area contributed by atoms with Gasteiger partial charge in [-0.1, -0.05) is 35.9 Å². The minimum atomic E-state index is -0.275. The molecule has 1 aromatic heterocycles. The molecule has 0 saturated heterocycles. The number of amides is 1. The van der Waals surface area contributed by atoms with Crippen LogP contribution in [0.15, 0.2) is 60.8 Å². The van der Waals surface area contributed by atoms with Crippen LogP contribution in [0.5, 0.6) is 0 Å². The van der Waals surface area contributed by atoms with Crippen LogP contribution in [-0.2, 0) is 0 Å². The third kappa shape index (κ3) is 2.69. The first kappa shape index (κ1) is 13.9. The maximum atomic E-state index is 12.3. The number of nitrogens with zero attached hydrogens (tertiary/aromatic N) is 2. The van der Waals surface area contributed by atoms with Crippen molar-refractivity contribution in [2.45, 2.75) is 6.92 Å². The van der Waals surface area contributed by atoms with Crippen molar-refractivity contribution in [1.82, 2.24) is 9.78 Å². The first-order chi connectivity index (χ1) is 10.6. The third-order valence-corrected chi connectivity index (χ3v) is 3.36. The van der Waals surface area contributed by atoms with E-state index in [1.807, 2.05) is 61.5 Å². The van der Waals surface area contributed by atoms with Crippen molar-refractivity contribution in [3.05, 3.63) is 71.9 Å². The highest BCUT2D eigenvalue weighted by atomic mass is 16.1. The molecule has 0 radical (unpaired) electrons. The number of hydrogen-bond acceptors (Lipinski definition) is 3. The second-order valence-electron chi connectivity index (χ2n) is 5.01. The van der Waals surface area contributed by atoms with E-state index in [4.69, 9.17) is 5.73 Å². The number of nitrogens with one attached hydrogen (secondary N) is 1. The van der Waals surface area contributed by atoms with Crippen LogP contribution < -0.4 is 11.1 Å². The van der Waals surface area contributed by atoms with Crippen molar-refractivity contribution >= 4 is 17.4 Å². The number of aryl methyl sites for hydroxylation is 1. The van der Waals surface area contributed by atoms with Crippen molar-refractivity contribution < 1.29 is 4.79 Å². The van der Waals surface area contributed by atoms with Gasteiger partial charge < -0.3 is 11.1 Å². The van der Waals surface area contributed by atoms with E-state index < -0.39 is 0 Å². The molecular formula is C17H16N4O. The van der Waals surface area contributed by atoms with E-state index in [2.05, 4.69) is 10.4 Å². The van der Waals surface area contributed by atoms with Gasteiger partial charge in [0, 0.05) is 5.69 Å². The Labute approximate surface area is 128 Å². The Morgan fingerprint density at radius 1 is 1.09 bits per heavy atom. The Balaban J connectivity index is 1.85. The molecule has 22 heavy (non-hydrogen) atoms. The monoisotopic (exact) mass is 292 g/mol. The maximum Gasteiger partial charge on any atom is 0.261 e. The summed E-state index contributed by atoms with van der Waals surface area (Å²) in [5.41, 5.74) is 9.08. The molecule has 0 aliphatic rings. The van der Waals surface area contributed by atoms with Crippen LogP contribution in [0.25, 0.3) is 5.69 Å². The van der Waals surface area contributed by atoms with Gasteiger partial charge in [-0.05, 0) is 31.2 Å². The summed E-state index contributed by atoms with van der Waals surface area (Å²) >= 11 is 0. The quantitative estimate of drug-likeness (QED) is 0.779. The van der Waals surface area contributed by atoms with Crippen LogP contribution in [0, 0.1) is 6.92 Å². The molecule has 5 nitrogen and oxygen atoms in total. The fourth-order valence-electron chi connectivity index (χ4n) is 2.14. The Kier molecular flexibility index (Phi) is 3.62. The molecule has 0 saturated carbocycles. The molecule has 2 aromatic carbocycles. The summed E-state index contributed by atoms with van der Waals surface area (Å²) in [7, 11) is 0. The van der Waals surface area contributed by atoms with Crippen LogP contribution in [0.4, 0.5) is 11.5 Å². The molecular weight excluding hydrogens is 276 g/mol. The van der Waals surface area contributed by atoms with Crippen LogP contribution >= 0.6 is 0 Å². The van der Waals surface area contributed by atoms with E-state index >= 15 is 0 Å². The van der Waals surface area contributed by atoms with Crippen LogP contribution in [0.2, 0.25) is 0 Å². The lowest BCUT2D eigenvalue weighted by atomic mass is 10.2. The van der Waals surface area contributed by atoms with E-state index in [-0.39, 0.29) is 5.91 Å². The molecule has 0 spiro atoms. The van der Waals surface area contributed by atoms with Gasteiger partial charge in [0.25, 0.3) is 5.91 Å². The van der Waals surface area contributed by atoms with Crippen LogP contribution in [0.1, 0.15) is 15.9 Å². The first-order valence-corrected chi connectivity index (χ1v) is 6.92. The summed E-state index contributed by atoms with van der Waals surface area (Å²) in [5, 5.41) is 7.01. The highest BCUT2D eigenvalue weighted by molar-refractivity contribution is 6.07. The standard InChI is InChI=1S/C17H16N4O/c1-12-7-9-13(10-8-12)20-17(22)15-11-19-21(16(15)18)14-5-3-2-4-6-14/h2-11H,18H2,1H3,(H,20,22). The van der Waals surface area contributed by atoms with Gasteiger partial charge in [0.1, 0.15) is 11.4 Å². The van der Waals surface area contributed by atoms with Gasteiger partial charge in [-0.25, -0.2) is 4.68 Å². The smallest absolute Gasteiger partial charge is 0.261 e. The number of carbonyl (C=O) groups is 1. The Bertz CT molecular complexity index is 791. The number of aromatic nitrogens is 2. The Hall–Kier alpha value is -3.08. The Morgan fingerprint density at radius 2 is 1.77 bits per heavy atom. The molecule has 5 heteroatoms. The molecule has 3 N–H and O–H groups in total. The van der Waals surface area contributed by atoms with Gasteiger partial charge in [0.15, 0.2) is 0 Å². The number of hydrogen-bond donors (Lipinski definition) is 2. The Morgan fingerprint density at radius 3 is 2.45 bits per heavy atom. The van der Waals surface area contributed by atoms with Crippen molar-refractivity contribution in [1.29, 1.82) is 0 Å². The second-order valence-corrected chi connectivity index (χ2v) is 5.01. The zero-order valence-electron chi connectivity index (χ0n) is 12.2. The molecule has 0 bridgehead atoms. The number of para-hydroxylation sites is 1. The number of nitrogen functional groups attached to an aromatic ring is 1. The number of carbonyl (C=O) groups excluding carboxylic acids is 1. The van der Waals surface area contributed by atoms with Gasteiger partial charge in [-0.15, -0.1) is 0 Å². The largest absolute Gasteiger partial charge is 0.383 e. The van der Waals surface area contributed by atoms with Crippen molar-refractivity contribution in [3.63, 3.8) is 0 Å². The van der Waals surface area contributed by atoms with Crippen LogP contribution in [0.3, 0.4) is 0 Å². The summed E-state index contributed by atoms with van der Waals surface area (Å²) in [6.45, 7) is 1.99. The third-order valence-electron chi connectivity index (χ3n) is 3.36. The molecule has 0 unspecified atom stereocenters. The fraction of sp³-hybridized carbons (Fsp3) is 0.0588. The van der Waals surface area contributed by atoms with Gasteiger partial charge in [-0.3, -0.25) is 4.79 Å². The molecule has 0 aliphatic heterocycles. The molecule has 0 aliphatic carbocycles. The number of nitrogens with two attached hydrogens (primary N) is 1. The lowest BCUT2D eigenvalue weighted by molar-refractivity contribution is 0.102. The van der Waals surface area contributed by atoms with E-state index in [0.717, 1.165) is 16.9 Å². The summed E-state index contributed by atoms with van der Waals surface area (Å²) in [4.78, 5) is 12.3. The lowest BCUT2D eigenvalue weighted by Crippen LogP contribution is -2.14. The zero-order chi connectivity index (χ0) is 15.5. The average molecular weight is 292 g/mol. The SMILES string of the molecule is Cc1ccc(NC(=O)c2cnn(-c3ccccc3)c2N)cc1. The summed E-state index contributed by atoms with van der Waals surface area (Å²) in [6.07, 6.45) is 1.48. The van der Waals surface area contributed by atoms with Gasteiger partial charge in [0.05, 0.1) is 11.9 Å². The molecule has 110 valence electrons. The number of anilines is 2. The van der Waals surface area contributed by atoms with E-state index in [9.17, 15) is 4.79 Å². The first-order valence-electron chi connectivity index (χ1n) is 6.92. The molecule has 0 atom stereocenters. The molecule has 3 rings (SSSR count). The van der Waals surface area contributed by atoms with Crippen molar-refractivity contribution in [2.24, 2.45) is 0 Å². The summed E-state index contributed by atoms with van der Waals surface area (Å²) < 4.78 is 1.55. The molecule has 1 amide bonds. The minimum Gasteiger partial charge on any atom is -0.383 e. The van der Waals surface area contributed by atoms with Crippen molar-refractivity contribution in [3.8, 4) is 5.69 Å². The summed E-state index contributed by atoms with van der Waals surface area (Å²) in [5.74, 6) is 0.0411. The van der Waals surface area contributed by atoms with E-state index in [1.165, 1.54) is 6.20 Å². The minimum absolute atomic E-state index is 0.275. The fourth-order valence-corrected chi connectivity index (χ4v) is 2.14. The highest BCUT2D eigenvalue weighted by Crippen LogP contribution is 2.18. The van der Waals surface area contributed by atoms with Gasteiger partial charge in [-0.2, -0.15) is 5.10 Å². The molecule has 1 heterocycles. The topological polar surface area (TPSA) is 72.9 Å². The predicted molar refractivity (Wildman–Crippen MR) is 87.1 cm³/mol. The summed E-state index contributed by atoms with van der Waals surface area (Å²) in [6, 6.07) is 17.0. The van der Waals surface area contributed by atoms with Crippen LogP contribution in [-0.4, -0.2) is 15.7 Å². The lowest BCUT2D eigenvalue weighted by Gasteiger charge is -2.06. The second kappa shape index (κ2) is 5.73. The number of rotatable bonds is 3. The average Bonchev–Trinajstić information content (AvgIpc) is 2.92. The van der Waals surface area contributed by atoms with Gasteiger partial charge in [0.2, 0.25) is 0 Å². The van der Waals surface area contributed by atoms with E-state index in [0.29, 0.717) is 11.4 Å². The zero-order valence-corrected chi connectivity index (χ0v) is 12.2. The molecule has 0 fully saturated rings. The van der Waals surface area contributed by atoms with Gasteiger partial charge >= 0.3 is 0 Å². The normalized spacial score (nSPS) is 10.4. The maximum absolute atomic E-state index is 12.3.